The topological polar surface area (TPSA) is 87.2 Å². The van der Waals surface area contributed by atoms with Crippen LogP contribution in [0.25, 0.3) is 5.69 Å². The van der Waals surface area contributed by atoms with E-state index in [1.54, 1.807) is 24.3 Å². The molecule has 0 aliphatic carbocycles. The molecule has 0 saturated heterocycles. The Hall–Kier alpha value is -4.17. The second kappa shape index (κ2) is 11.0. The minimum atomic E-state index is -0.495. The van der Waals surface area contributed by atoms with E-state index in [9.17, 15) is 4.79 Å². The lowest BCUT2D eigenvalue weighted by atomic mass is 10.2. The molecule has 2 heterocycles. The summed E-state index contributed by atoms with van der Waals surface area (Å²) in [5.41, 5.74) is 6.45. The highest BCUT2D eigenvalue weighted by Crippen LogP contribution is 2.35. The summed E-state index contributed by atoms with van der Waals surface area (Å²) in [5.74, 6) is 1.71. The predicted molar refractivity (Wildman–Crippen MR) is 138 cm³/mol. The normalized spacial score (nSPS) is 11.0. The van der Waals surface area contributed by atoms with Crippen molar-refractivity contribution in [3.05, 3.63) is 94.2 Å². The molecule has 0 fully saturated rings. The number of hydrogen-bond acceptors (Lipinski definition) is 6. The molecule has 4 aromatic rings. The molecule has 2 aromatic heterocycles. The first-order valence-electron chi connectivity index (χ1n) is 11.1. The number of ether oxygens (including phenoxy) is 3. The number of hydrogen-bond donors (Lipinski definition) is 1. The average molecular weight is 508 g/mol. The van der Waals surface area contributed by atoms with Gasteiger partial charge in [0.1, 0.15) is 18.1 Å². The van der Waals surface area contributed by atoms with Gasteiger partial charge in [0, 0.05) is 17.1 Å². The number of aromatic nitrogens is 1. The largest absolute Gasteiger partial charge is 0.493 e. The third kappa shape index (κ3) is 5.55. The maximum absolute atomic E-state index is 12.4. The number of nitrogens with zero attached hydrogens (tertiary/aromatic N) is 2. The number of nitrogens with one attached hydrogen (secondary N) is 1. The van der Waals surface area contributed by atoms with E-state index < -0.39 is 5.91 Å². The van der Waals surface area contributed by atoms with E-state index in [4.69, 9.17) is 30.2 Å². The van der Waals surface area contributed by atoms with E-state index in [-0.39, 0.29) is 12.4 Å². The number of carbonyl (C=O) groups is 1. The van der Waals surface area contributed by atoms with Crippen LogP contribution in [0.15, 0.2) is 70.2 Å². The number of rotatable bonds is 9. The molecule has 186 valence electrons. The number of amides is 1. The highest BCUT2D eigenvalue weighted by atomic mass is 35.5. The molecule has 9 heteroatoms. The maximum Gasteiger partial charge on any atom is 0.307 e. The number of halogens is 1. The fourth-order valence-corrected chi connectivity index (χ4v) is 4.03. The van der Waals surface area contributed by atoms with E-state index in [1.807, 2.05) is 24.3 Å². The van der Waals surface area contributed by atoms with Crippen LogP contribution in [0, 0.1) is 13.8 Å². The monoisotopic (exact) mass is 507 g/mol. The minimum Gasteiger partial charge on any atom is -0.493 e. The standard InChI is InChI=1S/C27H26ClN3O5/c1-17-5-6-18(2)31(17)20-7-9-21(10-8-20)35-16-22-11-12-24(36-22)27(32)30-29-15-19-13-23(28)26(34-4)25(14-19)33-3/h5-15H,16H2,1-4H3,(H,30,32)/b29-15+. The van der Waals surface area contributed by atoms with Gasteiger partial charge in [-0.15, -0.1) is 0 Å². The fraction of sp³-hybridized carbons (Fsp3) is 0.185. The average Bonchev–Trinajstić information content (AvgIpc) is 3.49. The Morgan fingerprint density at radius 3 is 2.42 bits per heavy atom. The van der Waals surface area contributed by atoms with Crippen molar-refractivity contribution in [1.82, 2.24) is 9.99 Å². The van der Waals surface area contributed by atoms with Crippen LogP contribution in [0.3, 0.4) is 0 Å². The molecule has 1 amide bonds. The van der Waals surface area contributed by atoms with Crippen LogP contribution in [0.5, 0.6) is 17.2 Å². The Morgan fingerprint density at radius 2 is 1.75 bits per heavy atom. The molecule has 0 aliphatic heterocycles. The molecule has 1 N–H and O–H groups in total. The molecule has 2 aromatic carbocycles. The van der Waals surface area contributed by atoms with E-state index in [0.29, 0.717) is 33.6 Å². The predicted octanol–water partition coefficient (Wildman–Crippen LogP) is 5.70. The Kier molecular flexibility index (Phi) is 7.65. The lowest BCUT2D eigenvalue weighted by molar-refractivity contribution is 0.0923. The summed E-state index contributed by atoms with van der Waals surface area (Å²) in [4.78, 5) is 12.4. The van der Waals surface area contributed by atoms with Crippen molar-refractivity contribution < 1.29 is 23.4 Å². The first-order valence-corrected chi connectivity index (χ1v) is 11.5. The summed E-state index contributed by atoms with van der Waals surface area (Å²) < 4.78 is 24.0. The number of carbonyl (C=O) groups excluding carboxylic acids is 1. The summed E-state index contributed by atoms with van der Waals surface area (Å²) in [6.07, 6.45) is 1.44. The molecule has 0 atom stereocenters. The van der Waals surface area contributed by atoms with Crippen LogP contribution in [0.4, 0.5) is 0 Å². The number of hydrazone groups is 1. The quantitative estimate of drug-likeness (QED) is 0.232. The summed E-state index contributed by atoms with van der Waals surface area (Å²) in [6, 6.07) is 18.6. The van der Waals surface area contributed by atoms with E-state index in [0.717, 1.165) is 5.69 Å². The summed E-state index contributed by atoms with van der Waals surface area (Å²) in [6.45, 7) is 4.32. The van der Waals surface area contributed by atoms with Crippen molar-refractivity contribution in [2.75, 3.05) is 14.2 Å². The molecule has 0 unspecified atom stereocenters. The lowest BCUT2D eigenvalue weighted by Crippen LogP contribution is -2.16. The van der Waals surface area contributed by atoms with E-state index in [2.05, 4.69) is 41.1 Å². The van der Waals surface area contributed by atoms with Gasteiger partial charge in [0.25, 0.3) is 0 Å². The third-order valence-electron chi connectivity index (χ3n) is 5.47. The molecule has 4 rings (SSSR count). The van der Waals surface area contributed by atoms with Crippen molar-refractivity contribution in [3.8, 4) is 22.9 Å². The van der Waals surface area contributed by atoms with Crippen LogP contribution < -0.4 is 19.6 Å². The zero-order chi connectivity index (χ0) is 25.7. The Balaban J connectivity index is 1.32. The minimum absolute atomic E-state index is 0.116. The Morgan fingerprint density at radius 1 is 1.03 bits per heavy atom. The van der Waals surface area contributed by atoms with Gasteiger partial charge in [-0.2, -0.15) is 5.10 Å². The second-order valence-corrected chi connectivity index (χ2v) is 8.34. The first kappa shape index (κ1) is 24.9. The molecule has 0 radical (unpaired) electrons. The Labute approximate surface area is 214 Å². The number of aryl methyl sites for hydroxylation is 2. The van der Waals surface area contributed by atoms with Gasteiger partial charge in [-0.3, -0.25) is 4.79 Å². The lowest BCUT2D eigenvalue weighted by Gasteiger charge is -2.10. The SMILES string of the molecule is COc1cc(/C=N/NC(=O)c2ccc(COc3ccc(-n4c(C)ccc4C)cc3)o2)cc(Cl)c1OC. The van der Waals surface area contributed by atoms with Gasteiger partial charge in [-0.05, 0) is 80.1 Å². The molecule has 0 saturated carbocycles. The smallest absolute Gasteiger partial charge is 0.307 e. The molecular formula is C27H26ClN3O5. The van der Waals surface area contributed by atoms with Gasteiger partial charge in [-0.25, -0.2) is 5.43 Å². The Bertz CT molecular complexity index is 1370. The zero-order valence-corrected chi connectivity index (χ0v) is 21.1. The van der Waals surface area contributed by atoms with Crippen LogP contribution in [-0.2, 0) is 6.61 Å². The van der Waals surface area contributed by atoms with Crippen LogP contribution in [0.1, 0.15) is 33.3 Å². The van der Waals surface area contributed by atoms with Gasteiger partial charge >= 0.3 is 5.91 Å². The second-order valence-electron chi connectivity index (χ2n) is 7.94. The van der Waals surface area contributed by atoms with E-state index >= 15 is 0 Å². The van der Waals surface area contributed by atoms with Gasteiger partial charge in [-0.1, -0.05) is 11.6 Å². The van der Waals surface area contributed by atoms with Crippen LogP contribution in [0.2, 0.25) is 5.02 Å². The van der Waals surface area contributed by atoms with Crippen molar-refractivity contribution in [1.29, 1.82) is 0 Å². The number of furan rings is 1. The molecule has 0 bridgehead atoms. The van der Waals surface area contributed by atoms with Gasteiger partial charge < -0.3 is 23.2 Å². The van der Waals surface area contributed by atoms with Crippen LogP contribution >= 0.6 is 11.6 Å². The third-order valence-corrected chi connectivity index (χ3v) is 5.75. The zero-order valence-electron chi connectivity index (χ0n) is 20.4. The first-order chi connectivity index (χ1) is 17.4. The van der Waals surface area contributed by atoms with Crippen molar-refractivity contribution in [3.63, 3.8) is 0 Å². The molecule has 8 nitrogen and oxygen atoms in total. The fourth-order valence-electron chi connectivity index (χ4n) is 3.73. The van der Waals surface area contributed by atoms with Crippen molar-refractivity contribution in [2.45, 2.75) is 20.5 Å². The highest BCUT2D eigenvalue weighted by Gasteiger charge is 2.12. The summed E-state index contributed by atoms with van der Waals surface area (Å²) >= 11 is 6.19. The molecule has 36 heavy (non-hydrogen) atoms. The molecular weight excluding hydrogens is 482 g/mol. The highest BCUT2D eigenvalue weighted by molar-refractivity contribution is 6.32. The van der Waals surface area contributed by atoms with Gasteiger partial charge in [0.15, 0.2) is 17.3 Å². The molecule has 0 aliphatic rings. The summed E-state index contributed by atoms with van der Waals surface area (Å²) in [7, 11) is 3.01. The maximum atomic E-state index is 12.4. The number of methoxy groups -OCH3 is 2. The van der Waals surface area contributed by atoms with Gasteiger partial charge in [0.05, 0.1) is 25.5 Å². The van der Waals surface area contributed by atoms with Crippen molar-refractivity contribution in [2.24, 2.45) is 5.10 Å². The van der Waals surface area contributed by atoms with Crippen LogP contribution in [-0.4, -0.2) is 30.9 Å². The van der Waals surface area contributed by atoms with Gasteiger partial charge in [0.2, 0.25) is 0 Å². The number of benzene rings is 2. The van der Waals surface area contributed by atoms with Crippen molar-refractivity contribution >= 4 is 23.7 Å². The van der Waals surface area contributed by atoms with E-state index in [1.165, 1.54) is 31.8 Å². The summed E-state index contributed by atoms with van der Waals surface area (Å²) in [5, 5.41) is 4.33. The molecule has 0 spiro atoms.